The van der Waals surface area contributed by atoms with Crippen molar-refractivity contribution in [2.75, 3.05) is 38.2 Å². The zero-order valence-corrected chi connectivity index (χ0v) is 29.0. The summed E-state index contributed by atoms with van der Waals surface area (Å²) in [5.74, 6) is 1.83. The molecule has 1 saturated carbocycles. The minimum atomic E-state index is -0.229. The number of hydrogen-bond acceptors (Lipinski definition) is 12. The quantitative estimate of drug-likeness (QED) is 0.214. The predicted octanol–water partition coefficient (Wildman–Crippen LogP) is 5.02. The number of ether oxygens (including phenoxy) is 4. The minimum absolute atomic E-state index is 0.229. The normalized spacial score (nSPS) is 24.8. The van der Waals surface area contributed by atoms with Gasteiger partial charge in [0.25, 0.3) is 5.88 Å². The van der Waals surface area contributed by atoms with E-state index in [1.807, 2.05) is 25.3 Å². The van der Waals surface area contributed by atoms with Gasteiger partial charge in [0.1, 0.15) is 36.3 Å². The summed E-state index contributed by atoms with van der Waals surface area (Å²) >= 11 is 0. The SMILES string of the molecule is C[C@@H]1CN(C2CCC(n3cc(Nc4ncc(-c5ccc(C#N)c(O[C@@H](C)Cn6cncn6)c5)cn4)c(OC[C@H]4CCOC4)n3)CC2)C[C@H](C)O1. The fourth-order valence-electron chi connectivity index (χ4n) is 7.27. The molecule has 14 nitrogen and oxygen atoms in total. The number of hydrogen-bond donors (Lipinski definition) is 1. The van der Waals surface area contributed by atoms with Gasteiger partial charge in [-0.05, 0) is 70.6 Å². The van der Waals surface area contributed by atoms with E-state index >= 15 is 0 Å². The fourth-order valence-corrected chi connectivity index (χ4v) is 7.27. The van der Waals surface area contributed by atoms with Gasteiger partial charge in [0.05, 0.1) is 49.8 Å². The van der Waals surface area contributed by atoms with Crippen LogP contribution in [0.4, 0.5) is 11.6 Å². The first-order chi connectivity index (χ1) is 24.4. The topological polar surface area (TPSA) is 150 Å². The third-order valence-corrected chi connectivity index (χ3v) is 9.76. The van der Waals surface area contributed by atoms with Crippen molar-refractivity contribution in [3.8, 4) is 28.8 Å². The maximum atomic E-state index is 9.70. The maximum absolute atomic E-state index is 9.70. The molecule has 14 heteroatoms. The molecule has 4 atom stereocenters. The van der Waals surface area contributed by atoms with E-state index in [-0.39, 0.29) is 18.3 Å². The summed E-state index contributed by atoms with van der Waals surface area (Å²) < 4.78 is 27.8. The van der Waals surface area contributed by atoms with Crippen LogP contribution in [-0.2, 0) is 16.0 Å². The van der Waals surface area contributed by atoms with Gasteiger partial charge in [-0.15, -0.1) is 5.10 Å². The van der Waals surface area contributed by atoms with Gasteiger partial charge in [0.15, 0.2) is 0 Å². The van der Waals surface area contributed by atoms with Crippen LogP contribution in [0.1, 0.15) is 64.5 Å². The molecule has 4 aromatic rings. The molecule has 3 aromatic heterocycles. The Morgan fingerprint density at radius 2 is 1.82 bits per heavy atom. The van der Waals surface area contributed by atoms with E-state index in [1.54, 1.807) is 29.5 Å². The Kier molecular flexibility index (Phi) is 10.5. The Labute approximate surface area is 292 Å². The summed E-state index contributed by atoms with van der Waals surface area (Å²) in [6.45, 7) is 10.8. The second-order valence-corrected chi connectivity index (χ2v) is 13.8. The van der Waals surface area contributed by atoms with Crippen molar-refractivity contribution in [3.63, 3.8) is 0 Å². The highest BCUT2D eigenvalue weighted by atomic mass is 16.5. The predicted molar refractivity (Wildman–Crippen MR) is 185 cm³/mol. The molecular weight excluding hydrogens is 636 g/mol. The fraction of sp³-hybridized carbons (Fsp3) is 0.556. The van der Waals surface area contributed by atoms with Gasteiger partial charge in [-0.3, -0.25) is 9.58 Å². The van der Waals surface area contributed by atoms with Crippen LogP contribution in [0.2, 0.25) is 0 Å². The largest absolute Gasteiger partial charge is 0.487 e. The number of nitrogens with one attached hydrogen (secondary N) is 1. The highest BCUT2D eigenvalue weighted by Crippen LogP contribution is 2.36. The smallest absolute Gasteiger partial charge is 0.256 e. The van der Waals surface area contributed by atoms with Crippen molar-refractivity contribution >= 4 is 11.6 Å². The van der Waals surface area contributed by atoms with Crippen molar-refractivity contribution in [1.82, 2.24) is 39.4 Å². The third-order valence-electron chi connectivity index (χ3n) is 9.76. The van der Waals surface area contributed by atoms with Crippen LogP contribution in [0, 0.1) is 17.2 Å². The van der Waals surface area contributed by atoms with Crippen molar-refractivity contribution in [3.05, 3.63) is 55.0 Å². The Hall–Kier alpha value is -4.58. The molecular formula is C36H46N10O4. The second kappa shape index (κ2) is 15.5. The van der Waals surface area contributed by atoms with Crippen molar-refractivity contribution < 1.29 is 18.9 Å². The lowest BCUT2D eigenvalue weighted by atomic mass is 9.89. The first-order valence-electron chi connectivity index (χ1n) is 17.7. The van der Waals surface area contributed by atoms with Crippen LogP contribution < -0.4 is 14.8 Å². The molecule has 7 rings (SSSR count). The van der Waals surface area contributed by atoms with Gasteiger partial charge in [0.2, 0.25) is 5.95 Å². The zero-order chi connectivity index (χ0) is 34.5. The molecule has 3 fully saturated rings. The summed E-state index contributed by atoms with van der Waals surface area (Å²) in [5.41, 5.74) is 2.82. The average molecular weight is 683 g/mol. The number of nitrogens with zero attached hydrogens (tertiary/aromatic N) is 9. The van der Waals surface area contributed by atoms with Gasteiger partial charge in [0, 0.05) is 49.6 Å². The lowest BCUT2D eigenvalue weighted by molar-refractivity contribution is -0.0852. The van der Waals surface area contributed by atoms with Gasteiger partial charge >= 0.3 is 0 Å². The summed E-state index contributed by atoms with van der Waals surface area (Å²) in [7, 11) is 0. The molecule has 2 saturated heterocycles. The number of nitriles is 1. The molecule has 0 amide bonds. The van der Waals surface area contributed by atoms with Crippen LogP contribution in [0.15, 0.2) is 49.4 Å². The Bertz CT molecular complexity index is 1720. The zero-order valence-electron chi connectivity index (χ0n) is 29.0. The number of rotatable bonds is 12. The van der Waals surface area contributed by atoms with E-state index in [0.29, 0.717) is 60.9 Å². The van der Waals surface area contributed by atoms with Gasteiger partial charge < -0.3 is 24.3 Å². The monoisotopic (exact) mass is 682 g/mol. The first-order valence-corrected chi connectivity index (χ1v) is 17.7. The van der Waals surface area contributed by atoms with E-state index in [9.17, 15) is 5.26 Å². The van der Waals surface area contributed by atoms with E-state index in [0.717, 1.165) is 68.6 Å². The van der Waals surface area contributed by atoms with Gasteiger partial charge in [-0.2, -0.15) is 10.4 Å². The highest BCUT2D eigenvalue weighted by molar-refractivity contribution is 5.67. The third kappa shape index (κ3) is 8.23. The molecule has 0 unspecified atom stereocenters. The van der Waals surface area contributed by atoms with Crippen LogP contribution in [0.3, 0.4) is 0 Å². The lowest BCUT2D eigenvalue weighted by Gasteiger charge is -2.42. The highest BCUT2D eigenvalue weighted by Gasteiger charge is 2.32. The Balaban J connectivity index is 1.03. The number of benzene rings is 1. The number of anilines is 2. The molecule has 0 spiro atoms. The molecule has 2 aliphatic heterocycles. The summed E-state index contributed by atoms with van der Waals surface area (Å²) in [6, 6.07) is 8.57. The lowest BCUT2D eigenvalue weighted by Crippen LogP contribution is -2.51. The molecule has 0 bridgehead atoms. The number of aromatic nitrogens is 7. The Morgan fingerprint density at radius 1 is 1.04 bits per heavy atom. The van der Waals surface area contributed by atoms with Crippen LogP contribution in [-0.4, -0.2) is 96.7 Å². The van der Waals surface area contributed by atoms with Crippen LogP contribution >= 0.6 is 0 Å². The van der Waals surface area contributed by atoms with Crippen LogP contribution in [0.5, 0.6) is 11.6 Å². The Morgan fingerprint density at radius 3 is 2.52 bits per heavy atom. The molecule has 1 N–H and O–H groups in total. The minimum Gasteiger partial charge on any atom is -0.487 e. The van der Waals surface area contributed by atoms with Crippen LogP contribution in [0.25, 0.3) is 11.1 Å². The number of morpholine rings is 1. The molecule has 1 aromatic carbocycles. The molecule has 5 heterocycles. The average Bonchev–Trinajstić information content (AvgIpc) is 3.91. The van der Waals surface area contributed by atoms with E-state index in [2.05, 4.69) is 54.9 Å². The van der Waals surface area contributed by atoms with E-state index in [1.165, 1.54) is 6.33 Å². The first kappa shape index (κ1) is 33.9. The summed E-state index contributed by atoms with van der Waals surface area (Å²) in [4.78, 5) is 15.9. The van der Waals surface area contributed by atoms with Crippen molar-refractivity contribution in [1.29, 1.82) is 5.26 Å². The van der Waals surface area contributed by atoms with Gasteiger partial charge in [-0.25, -0.2) is 19.6 Å². The van der Waals surface area contributed by atoms with Crippen molar-refractivity contribution in [2.24, 2.45) is 5.92 Å². The molecule has 0 radical (unpaired) electrons. The van der Waals surface area contributed by atoms with Gasteiger partial charge in [-0.1, -0.05) is 6.07 Å². The second-order valence-electron chi connectivity index (χ2n) is 13.8. The van der Waals surface area contributed by atoms with E-state index < -0.39 is 0 Å². The molecule has 1 aliphatic carbocycles. The maximum Gasteiger partial charge on any atom is 0.256 e. The standard InChI is InChI=1S/C36H46N10O4/c1-24-16-44(17-25(2)49-24)31-6-8-32(9-7-31)46-19-33(35(43-46)48-21-27-10-11-47-20-27)42-36-39-14-30(15-40-36)28-4-5-29(13-37)34(12-28)50-26(3)18-45-23-38-22-41-45/h4-5,12,14-15,19,22-27,31-32H,6-11,16-18,20-21H2,1-3H3,(H,39,40,42)/t24-,25+,26-,27-,31?,32?/m0/s1. The molecule has 264 valence electrons. The summed E-state index contributed by atoms with van der Waals surface area (Å²) in [5, 5.41) is 22.1. The van der Waals surface area contributed by atoms with Crippen molar-refractivity contribution in [2.45, 2.75) is 89.8 Å². The summed E-state index contributed by atoms with van der Waals surface area (Å²) in [6.07, 6.45) is 14.4. The molecule has 50 heavy (non-hydrogen) atoms. The molecule has 3 aliphatic rings. The van der Waals surface area contributed by atoms with E-state index in [4.69, 9.17) is 24.0 Å².